The van der Waals surface area contributed by atoms with Crippen molar-refractivity contribution in [3.63, 3.8) is 0 Å². The Morgan fingerprint density at radius 3 is 2.53 bits per heavy atom. The van der Waals surface area contributed by atoms with Gasteiger partial charge in [-0.15, -0.1) is 0 Å². The Bertz CT molecular complexity index is 316. The number of hydrogen-bond donors (Lipinski definition) is 2. The van der Waals surface area contributed by atoms with E-state index in [1.807, 2.05) is 0 Å². The van der Waals surface area contributed by atoms with Crippen molar-refractivity contribution in [2.75, 3.05) is 39.3 Å². The Hall–Kier alpha value is -0.650. The van der Waals surface area contributed by atoms with E-state index >= 15 is 0 Å². The maximum Gasteiger partial charge on any atom is 0.323 e. The minimum Gasteiger partial charge on any atom is -0.480 e. The minimum atomic E-state index is -0.967. The van der Waals surface area contributed by atoms with Gasteiger partial charge in [-0.25, -0.2) is 0 Å². The molecule has 19 heavy (non-hydrogen) atoms. The zero-order chi connectivity index (χ0) is 13.9. The van der Waals surface area contributed by atoms with Crippen molar-refractivity contribution < 1.29 is 9.90 Å². The lowest BCUT2D eigenvalue weighted by Gasteiger charge is -2.35. The van der Waals surface area contributed by atoms with E-state index in [0.717, 1.165) is 58.5 Å². The number of carboxylic acids is 1. The smallest absolute Gasteiger partial charge is 0.323 e. The Morgan fingerprint density at radius 2 is 1.95 bits per heavy atom. The first-order valence-corrected chi connectivity index (χ1v) is 7.53. The topological polar surface area (TPSA) is 69.8 Å². The third kappa shape index (κ3) is 3.27. The van der Waals surface area contributed by atoms with Crippen LogP contribution in [0, 0.1) is 5.92 Å². The second-order valence-electron chi connectivity index (χ2n) is 6.00. The number of aliphatic carboxylic acids is 1. The molecule has 1 saturated heterocycles. The van der Waals surface area contributed by atoms with Gasteiger partial charge in [-0.3, -0.25) is 4.79 Å². The molecule has 2 atom stereocenters. The molecule has 0 aromatic carbocycles. The van der Waals surface area contributed by atoms with Gasteiger partial charge in [0.1, 0.15) is 5.54 Å². The monoisotopic (exact) mass is 269 g/mol. The molecule has 0 amide bonds. The lowest BCUT2D eigenvalue weighted by atomic mass is 9.85. The van der Waals surface area contributed by atoms with Gasteiger partial charge in [0, 0.05) is 26.2 Å². The number of nitrogens with two attached hydrogens (primary N) is 1. The SMILES string of the molecule is CCN1CCN(CCC2CCCC2(N)C(=O)O)CC1. The van der Waals surface area contributed by atoms with Gasteiger partial charge in [-0.2, -0.15) is 0 Å². The first-order valence-electron chi connectivity index (χ1n) is 7.53. The van der Waals surface area contributed by atoms with Crippen molar-refractivity contribution in [3.05, 3.63) is 0 Å². The fraction of sp³-hybridized carbons (Fsp3) is 0.929. The second-order valence-corrected chi connectivity index (χ2v) is 6.00. The summed E-state index contributed by atoms with van der Waals surface area (Å²) < 4.78 is 0. The highest BCUT2D eigenvalue weighted by molar-refractivity contribution is 5.79. The molecule has 1 saturated carbocycles. The Kier molecular flexibility index (Phi) is 4.81. The summed E-state index contributed by atoms with van der Waals surface area (Å²) in [6, 6.07) is 0. The summed E-state index contributed by atoms with van der Waals surface area (Å²) in [5, 5.41) is 9.30. The predicted molar refractivity (Wildman–Crippen MR) is 75.1 cm³/mol. The highest BCUT2D eigenvalue weighted by atomic mass is 16.4. The van der Waals surface area contributed by atoms with Crippen LogP contribution in [0.15, 0.2) is 0 Å². The molecule has 2 aliphatic rings. The molecule has 5 heteroatoms. The molecule has 0 aromatic heterocycles. The van der Waals surface area contributed by atoms with Crippen molar-refractivity contribution in [1.29, 1.82) is 0 Å². The van der Waals surface area contributed by atoms with E-state index in [1.165, 1.54) is 0 Å². The van der Waals surface area contributed by atoms with E-state index in [4.69, 9.17) is 5.73 Å². The van der Waals surface area contributed by atoms with Crippen LogP contribution in [0.2, 0.25) is 0 Å². The highest BCUT2D eigenvalue weighted by Gasteiger charge is 2.45. The largest absolute Gasteiger partial charge is 0.480 e. The van der Waals surface area contributed by atoms with Crippen LogP contribution >= 0.6 is 0 Å². The van der Waals surface area contributed by atoms with Gasteiger partial charge in [0.25, 0.3) is 0 Å². The van der Waals surface area contributed by atoms with Crippen LogP contribution in [0.1, 0.15) is 32.6 Å². The van der Waals surface area contributed by atoms with E-state index in [0.29, 0.717) is 6.42 Å². The van der Waals surface area contributed by atoms with Crippen LogP contribution in [-0.4, -0.2) is 65.7 Å². The van der Waals surface area contributed by atoms with E-state index in [1.54, 1.807) is 0 Å². The average Bonchev–Trinajstić information content (AvgIpc) is 2.80. The van der Waals surface area contributed by atoms with Crippen LogP contribution in [0.25, 0.3) is 0 Å². The number of piperazine rings is 1. The molecule has 1 heterocycles. The molecule has 0 radical (unpaired) electrons. The number of hydrogen-bond acceptors (Lipinski definition) is 4. The summed E-state index contributed by atoms with van der Waals surface area (Å²) in [5.41, 5.74) is 5.11. The second kappa shape index (κ2) is 6.20. The van der Waals surface area contributed by atoms with Crippen LogP contribution in [-0.2, 0) is 4.79 Å². The van der Waals surface area contributed by atoms with Gasteiger partial charge >= 0.3 is 5.97 Å². The zero-order valence-corrected chi connectivity index (χ0v) is 12.0. The van der Waals surface area contributed by atoms with E-state index in [9.17, 15) is 9.90 Å². The standard InChI is InChI=1S/C14H27N3O2/c1-2-16-8-10-17(11-9-16)7-5-12-4-3-6-14(12,15)13(18)19/h12H,2-11,15H2,1H3,(H,18,19). The van der Waals surface area contributed by atoms with Crippen LogP contribution < -0.4 is 5.73 Å². The first kappa shape index (κ1) is 14.8. The first-order chi connectivity index (χ1) is 9.06. The molecule has 2 fully saturated rings. The van der Waals surface area contributed by atoms with Crippen LogP contribution in [0.3, 0.4) is 0 Å². The fourth-order valence-corrected chi connectivity index (χ4v) is 3.45. The number of carboxylic acid groups (broad SMARTS) is 1. The fourth-order valence-electron chi connectivity index (χ4n) is 3.45. The molecule has 0 bridgehead atoms. The number of rotatable bonds is 5. The number of nitrogens with zero attached hydrogens (tertiary/aromatic N) is 2. The van der Waals surface area contributed by atoms with Crippen molar-refractivity contribution in [2.45, 2.75) is 38.1 Å². The van der Waals surface area contributed by atoms with Gasteiger partial charge in [-0.05, 0) is 38.3 Å². The normalized spacial score (nSPS) is 33.7. The molecule has 0 spiro atoms. The summed E-state index contributed by atoms with van der Waals surface area (Å²) in [7, 11) is 0. The van der Waals surface area contributed by atoms with E-state index in [-0.39, 0.29) is 5.92 Å². The lowest BCUT2D eigenvalue weighted by Crippen LogP contribution is -2.52. The van der Waals surface area contributed by atoms with Crippen molar-refractivity contribution >= 4 is 5.97 Å². The molecule has 3 N–H and O–H groups in total. The maximum absolute atomic E-state index is 11.3. The van der Waals surface area contributed by atoms with Gasteiger partial charge in [-0.1, -0.05) is 13.3 Å². The molecule has 110 valence electrons. The average molecular weight is 269 g/mol. The Labute approximate surface area is 115 Å². The summed E-state index contributed by atoms with van der Waals surface area (Å²) in [5.74, 6) is -0.667. The molecular weight excluding hydrogens is 242 g/mol. The molecule has 2 rings (SSSR count). The minimum absolute atomic E-state index is 0.147. The van der Waals surface area contributed by atoms with E-state index in [2.05, 4.69) is 16.7 Å². The van der Waals surface area contributed by atoms with Crippen molar-refractivity contribution in [1.82, 2.24) is 9.80 Å². The molecule has 5 nitrogen and oxygen atoms in total. The molecular formula is C14H27N3O2. The summed E-state index contributed by atoms with van der Waals surface area (Å²) >= 11 is 0. The van der Waals surface area contributed by atoms with Crippen LogP contribution in [0.4, 0.5) is 0 Å². The zero-order valence-electron chi connectivity index (χ0n) is 12.0. The lowest BCUT2D eigenvalue weighted by molar-refractivity contribution is -0.144. The van der Waals surface area contributed by atoms with Crippen LogP contribution in [0.5, 0.6) is 0 Å². The van der Waals surface area contributed by atoms with Gasteiger partial charge < -0.3 is 20.6 Å². The third-order valence-corrected chi connectivity index (χ3v) is 4.98. The molecule has 1 aliphatic heterocycles. The summed E-state index contributed by atoms with van der Waals surface area (Å²) in [4.78, 5) is 16.2. The summed E-state index contributed by atoms with van der Waals surface area (Å²) in [6.07, 6.45) is 3.49. The summed E-state index contributed by atoms with van der Waals surface area (Å²) in [6.45, 7) is 8.79. The third-order valence-electron chi connectivity index (χ3n) is 4.98. The highest BCUT2D eigenvalue weighted by Crippen LogP contribution is 2.36. The quantitative estimate of drug-likeness (QED) is 0.765. The molecule has 1 aliphatic carbocycles. The molecule has 2 unspecified atom stereocenters. The van der Waals surface area contributed by atoms with Gasteiger partial charge in [0.15, 0.2) is 0 Å². The Balaban J connectivity index is 1.78. The number of carbonyl (C=O) groups is 1. The van der Waals surface area contributed by atoms with Crippen molar-refractivity contribution in [3.8, 4) is 0 Å². The van der Waals surface area contributed by atoms with Gasteiger partial charge in [0.05, 0.1) is 0 Å². The maximum atomic E-state index is 11.3. The predicted octanol–water partition coefficient (Wildman–Crippen LogP) is 0.596. The van der Waals surface area contributed by atoms with E-state index < -0.39 is 11.5 Å². The molecule has 0 aromatic rings. The number of likely N-dealkylation sites (N-methyl/N-ethyl adjacent to an activating group) is 1. The van der Waals surface area contributed by atoms with Crippen molar-refractivity contribution in [2.24, 2.45) is 11.7 Å². The van der Waals surface area contributed by atoms with Gasteiger partial charge in [0.2, 0.25) is 0 Å². The Morgan fingerprint density at radius 1 is 1.32 bits per heavy atom.